The van der Waals surface area contributed by atoms with E-state index in [1.54, 1.807) is 12.1 Å². The normalized spacial score (nSPS) is 25.8. The molecule has 2 N–H and O–H groups in total. The Bertz CT molecular complexity index is 876. The van der Waals surface area contributed by atoms with Gasteiger partial charge in [-0.1, -0.05) is 12.1 Å². The number of methoxy groups -OCH3 is 2. The SMILES string of the molecule is COc1cc(C2OC(=O)C3C(c4ccc(O)c(OC)c4)OC(=O)C23)ccc1O. The lowest BCUT2D eigenvalue weighted by atomic mass is 9.84. The Morgan fingerprint density at radius 3 is 1.50 bits per heavy atom. The highest BCUT2D eigenvalue weighted by Gasteiger charge is 2.60. The number of phenols is 2. The third kappa shape index (κ3) is 2.69. The summed E-state index contributed by atoms with van der Waals surface area (Å²) in [6.45, 7) is 0. The molecule has 2 aromatic rings. The molecule has 0 aliphatic carbocycles. The van der Waals surface area contributed by atoms with Crippen LogP contribution in [0, 0.1) is 11.8 Å². The summed E-state index contributed by atoms with van der Waals surface area (Å²) in [7, 11) is 2.81. The highest BCUT2D eigenvalue weighted by Crippen LogP contribution is 2.52. The molecule has 4 atom stereocenters. The number of rotatable bonds is 4. The van der Waals surface area contributed by atoms with Gasteiger partial charge in [-0.3, -0.25) is 9.59 Å². The van der Waals surface area contributed by atoms with Gasteiger partial charge in [0.15, 0.2) is 23.0 Å². The summed E-state index contributed by atoms with van der Waals surface area (Å²) in [5.41, 5.74) is 1.05. The first-order valence-corrected chi connectivity index (χ1v) is 8.59. The predicted octanol–water partition coefficient (Wildman–Crippen LogP) is 2.24. The smallest absolute Gasteiger partial charge is 0.314 e. The Morgan fingerprint density at radius 1 is 0.750 bits per heavy atom. The van der Waals surface area contributed by atoms with Crippen molar-refractivity contribution in [2.45, 2.75) is 12.2 Å². The van der Waals surface area contributed by atoms with Crippen molar-refractivity contribution in [3.8, 4) is 23.0 Å². The van der Waals surface area contributed by atoms with Gasteiger partial charge < -0.3 is 29.2 Å². The second kappa shape index (κ2) is 6.63. The molecule has 2 aliphatic rings. The number of hydrogen-bond acceptors (Lipinski definition) is 8. The van der Waals surface area contributed by atoms with Gasteiger partial charge in [0.05, 0.1) is 14.2 Å². The number of hydrogen-bond donors (Lipinski definition) is 2. The average Bonchev–Trinajstić information content (AvgIpc) is 3.21. The van der Waals surface area contributed by atoms with Crippen molar-refractivity contribution >= 4 is 11.9 Å². The van der Waals surface area contributed by atoms with Gasteiger partial charge in [-0.15, -0.1) is 0 Å². The average molecular weight is 386 g/mol. The molecule has 2 fully saturated rings. The first kappa shape index (κ1) is 18.0. The lowest BCUT2D eigenvalue weighted by molar-refractivity contribution is -0.154. The lowest BCUT2D eigenvalue weighted by Gasteiger charge is -2.16. The second-order valence-electron chi connectivity index (χ2n) is 6.63. The first-order chi connectivity index (χ1) is 13.4. The maximum Gasteiger partial charge on any atom is 0.314 e. The number of phenolic OH excluding ortho intramolecular Hbond substituents is 2. The van der Waals surface area contributed by atoms with Gasteiger partial charge in [-0.25, -0.2) is 0 Å². The first-order valence-electron chi connectivity index (χ1n) is 8.59. The van der Waals surface area contributed by atoms with E-state index >= 15 is 0 Å². The third-order valence-corrected chi connectivity index (χ3v) is 5.13. The Labute approximate surface area is 160 Å². The molecule has 0 spiro atoms. The van der Waals surface area contributed by atoms with Crippen LogP contribution in [0.5, 0.6) is 23.0 Å². The van der Waals surface area contributed by atoms with E-state index in [1.165, 1.54) is 38.5 Å². The number of carbonyl (C=O) groups is 2. The van der Waals surface area contributed by atoms with Crippen LogP contribution >= 0.6 is 0 Å². The zero-order chi connectivity index (χ0) is 20.0. The summed E-state index contributed by atoms with van der Waals surface area (Å²) in [5, 5.41) is 19.6. The molecule has 0 saturated carbocycles. The fourth-order valence-corrected chi connectivity index (χ4v) is 3.76. The molecule has 0 bridgehead atoms. The second-order valence-corrected chi connectivity index (χ2v) is 6.63. The summed E-state index contributed by atoms with van der Waals surface area (Å²) in [6.07, 6.45) is -1.69. The Morgan fingerprint density at radius 2 is 1.14 bits per heavy atom. The van der Waals surface area contributed by atoms with Gasteiger partial charge in [0, 0.05) is 0 Å². The summed E-state index contributed by atoms with van der Waals surface area (Å²) < 4.78 is 21.2. The van der Waals surface area contributed by atoms with Crippen molar-refractivity contribution in [1.82, 2.24) is 0 Å². The maximum absolute atomic E-state index is 12.6. The molecule has 0 amide bonds. The molecule has 4 rings (SSSR count). The molecule has 0 radical (unpaired) electrons. The molecular weight excluding hydrogens is 368 g/mol. The van der Waals surface area contributed by atoms with Gasteiger partial charge in [0.25, 0.3) is 0 Å². The summed E-state index contributed by atoms with van der Waals surface area (Å²) >= 11 is 0. The van der Waals surface area contributed by atoms with Crippen molar-refractivity contribution in [2.75, 3.05) is 14.2 Å². The zero-order valence-electron chi connectivity index (χ0n) is 15.1. The maximum atomic E-state index is 12.6. The van der Waals surface area contributed by atoms with Crippen molar-refractivity contribution in [2.24, 2.45) is 11.8 Å². The molecule has 2 heterocycles. The van der Waals surface area contributed by atoms with E-state index in [0.717, 1.165) is 0 Å². The van der Waals surface area contributed by atoms with E-state index in [1.807, 2.05) is 0 Å². The number of carbonyl (C=O) groups excluding carboxylic acids is 2. The minimum atomic E-state index is -0.844. The van der Waals surface area contributed by atoms with E-state index in [-0.39, 0.29) is 23.0 Å². The fraction of sp³-hybridized carbons (Fsp3) is 0.300. The monoisotopic (exact) mass is 386 g/mol. The van der Waals surface area contributed by atoms with E-state index < -0.39 is 36.0 Å². The van der Waals surface area contributed by atoms with E-state index in [9.17, 15) is 19.8 Å². The topological polar surface area (TPSA) is 112 Å². The fourth-order valence-electron chi connectivity index (χ4n) is 3.76. The van der Waals surface area contributed by atoms with Gasteiger partial charge in [-0.05, 0) is 35.4 Å². The molecule has 8 heteroatoms. The third-order valence-electron chi connectivity index (χ3n) is 5.13. The molecule has 28 heavy (non-hydrogen) atoms. The zero-order valence-corrected chi connectivity index (χ0v) is 15.1. The van der Waals surface area contributed by atoms with Gasteiger partial charge in [0.2, 0.25) is 0 Å². The molecule has 4 unspecified atom stereocenters. The number of benzene rings is 2. The minimum absolute atomic E-state index is 0.0600. The number of aromatic hydroxyl groups is 2. The quantitative estimate of drug-likeness (QED) is 0.770. The van der Waals surface area contributed by atoms with Crippen LogP contribution in [0.25, 0.3) is 0 Å². The minimum Gasteiger partial charge on any atom is -0.504 e. The lowest BCUT2D eigenvalue weighted by Crippen LogP contribution is -2.19. The molecule has 2 aliphatic heterocycles. The largest absolute Gasteiger partial charge is 0.504 e. The number of fused-ring (bicyclic) bond motifs is 1. The summed E-state index contributed by atoms with van der Waals surface area (Å²) in [6, 6.07) is 9.03. The Hall–Kier alpha value is -3.42. The van der Waals surface area contributed by atoms with Crippen LogP contribution < -0.4 is 9.47 Å². The van der Waals surface area contributed by atoms with Crippen LogP contribution in [0.1, 0.15) is 23.3 Å². The van der Waals surface area contributed by atoms with Crippen molar-refractivity contribution in [3.05, 3.63) is 47.5 Å². The molecular formula is C20H18O8. The summed E-state index contributed by atoms with van der Waals surface area (Å²) in [4.78, 5) is 25.2. The van der Waals surface area contributed by atoms with E-state index in [2.05, 4.69) is 0 Å². The Kier molecular flexibility index (Phi) is 4.26. The molecule has 8 nitrogen and oxygen atoms in total. The van der Waals surface area contributed by atoms with E-state index in [0.29, 0.717) is 11.1 Å². The highest BCUT2D eigenvalue weighted by atomic mass is 16.6. The van der Waals surface area contributed by atoms with Gasteiger partial charge in [-0.2, -0.15) is 0 Å². The van der Waals surface area contributed by atoms with Crippen LogP contribution in [0.15, 0.2) is 36.4 Å². The Balaban J connectivity index is 1.69. The van der Waals surface area contributed by atoms with Crippen molar-refractivity contribution in [3.63, 3.8) is 0 Å². The molecule has 2 saturated heterocycles. The van der Waals surface area contributed by atoms with Crippen LogP contribution in [0.2, 0.25) is 0 Å². The van der Waals surface area contributed by atoms with Crippen LogP contribution in [0.4, 0.5) is 0 Å². The molecule has 2 aromatic carbocycles. The van der Waals surface area contributed by atoms with Crippen LogP contribution in [-0.4, -0.2) is 36.4 Å². The summed E-state index contributed by atoms with van der Waals surface area (Å²) in [5.74, 6) is -2.45. The van der Waals surface area contributed by atoms with Crippen LogP contribution in [-0.2, 0) is 19.1 Å². The molecule has 0 aromatic heterocycles. The predicted molar refractivity (Wildman–Crippen MR) is 94.0 cm³/mol. The molecule has 146 valence electrons. The van der Waals surface area contributed by atoms with Crippen molar-refractivity contribution < 1.29 is 38.7 Å². The van der Waals surface area contributed by atoms with Crippen LogP contribution in [0.3, 0.4) is 0 Å². The van der Waals surface area contributed by atoms with Gasteiger partial charge in [0.1, 0.15) is 24.0 Å². The van der Waals surface area contributed by atoms with Gasteiger partial charge >= 0.3 is 11.9 Å². The van der Waals surface area contributed by atoms with E-state index in [4.69, 9.17) is 18.9 Å². The number of cyclic esters (lactones) is 2. The number of esters is 2. The standard InChI is InChI=1S/C20H18O8/c1-25-13-7-9(3-5-11(13)21)17-15-16(20(24)27-17)18(28-19(15)23)10-4-6-12(22)14(8-10)26-2/h3-8,15-18,21-22H,1-2H3. The van der Waals surface area contributed by atoms with Crippen molar-refractivity contribution in [1.29, 1.82) is 0 Å². The number of ether oxygens (including phenoxy) is 4. The highest BCUT2D eigenvalue weighted by molar-refractivity contribution is 5.89.